The highest BCUT2D eigenvalue weighted by atomic mass is 79.9. The van der Waals surface area contributed by atoms with Gasteiger partial charge in [0.15, 0.2) is 0 Å². The summed E-state index contributed by atoms with van der Waals surface area (Å²) < 4.78 is 5.63. The number of amides is 1. The summed E-state index contributed by atoms with van der Waals surface area (Å²) in [7, 11) is 0. The number of nitrogens with one attached hydrogen (secondary N) is 1. The Morgan fingerprint density at radius 3 is 2.40 bits per heavy atom. The normalized spacial score (nSPS) is 12.8. The van der Waals surface area contributed by atoms with Gasteiger partial charge in [-0.1, -0.05) is 28.1 Å². The average molecular weight is 366 g/mol. The van der Waals surface area contributed by atoms with Gasteiger partial charge in [0.25, 0.3) is 0 Å². The summed E-state index contributed by atoms with van der Waals surface area (Å²) in [6.07, 6.45) is 0. The van der Waals surface area contributed by atoms with E-state index in [1.54, 1.807) is 38.1 Å². The minimum Gasteiger partial charge on any atom is -0.465 e. The van der Waals surface area contributed by atoms with Crippen LogP contribution < -0.4 is 11.1 Å². The molecule has 1 amide bonds. The van der Waals surface area contributed by atoms with E-state index in [1.165, 1.54) is 0 Å². The number of nitrogens with two attached hydrogens (primary N) is 1. The first-order valence-electron chi connectivity index (χ1n) is 5.86. The van der Waals surface area contributed by atoms with Gasteiger partial charge in [0.2, 0.25) is 5.91 Å². The molecule has 0 heterocycles. The number of halogens is 2. The molecule has 0 aliphatic carbocycles. The maximum absolute atomic E-state index is 12.0. The largest absolute Gasteiger partial charge is 0.465 e. The molecule has 20 heavy (non-hydrogen) atoms. The van der Waals surface area contributed by atoms with Crippen LogP contribution in [0, 0.1) is 0 Å². The third kappa shape index (κ3) is 5.11. The van der Waals surface area contributed by atoms with Crippen LogP contribution in [0.15, 0.2) is 28.7 Å². The molecular weight excluding hydrogens is 348 g/mol. The number of esters is 1. The fourth-order valence-corrected chi connectivity index (χ4v) is 1.74. The fraction of sp³-hybridized carbons (Fsp3) is 0.385. The van der Waals surface area contributed by atoms with Crippen molar-refractivity contribution in [2.75, 3.05) is 13.2 Å². The first kappa shape index (κ1) is 18.9. The molecule has 0 spiro atoms. The number of ether oxygens (including phenoxy) is 1. The molecular formula is C13H18BrClN2O3. The molecule has 0 aliphatic rings. The highest BCUT2D eigenvalue weighted by Crippen LogP contribution is 2.20. The minimum atomic E-state index is -1.20. The van der Waals surface area contributed by atoms with E-state index in [-0.39, 0.29) is 25.6 Å². The molecule has 0 saturated heterocycles. The topological polar surface area (TPSA) is 81.4 Å². The van der Waals surface area contributed by atoms with Gasteiger partial charge in [0, 0.05) is 4.47 Å². The molecule has 0 radical (unpaired) electrons. The maximum Gasteiger partial charge on any atom is 0.325 e. The van der Waals surface area contributed by atoms with E-state index in [9.17, 15) is 9.59 Å². The zero-order valence-corrected chi connectivity index (χ0v) is 13.7. The van der Waals surface area contributed by atoms with Crippen LogP contribution in [0.2, 0.25) is 0 Å². The molecule has 1 rings (SSSR count). The summed E-state index contributed by atoms with van der Waals surface area (Å²) in [6.45, 7) is 3.39. The SMILES string of the molecule is CCOC(=O)CNC(=O)C(C)(N)c1ccc(Br)cc1.Cl. The highest BCUT2D eigenvalue weighted by molar-refractivity contribution is 9.10. The number of hydrogen-bond donors (Lipinski definition) is 2. The third-order valence-electron chi connectivity index (χ3n) is 2.61. The van der Waals surface area contributed by atoms with E-state index >= 15 is 0 Å². The number of benzene rings is 1. The second kappa shape index (κ2) is 8.24. The number of carbonyl (C=O) groups excluding carboxylic acids is 2. The Hall–Kier alpha value is -1.11. The zero-order chi connectivity index (χ0) is 14.5. The zero-order valence-electron chi connectivity index (χ0n) is 11.3. The molecule has 0 aliphatic heterocycles. The maximum atomic E-state index is 12.0. The summed E-state index contributed by atoms with van der Waals surface area (Å²) >= 11 is 3.31. The van der Waals surface area contributed by atoms with Crippen LogP contribution in [0.4, 0.5) is 0 Å². The number of hydrogen-bond acceptors (Lipinski definition) is 4. The second-order valence-corrected chi connectivity index (χ2v) is 5.11. The molecule has 3 N–H and O–H groups in total. The number of carbonyl (C=O) groups is 2. The van der Waals surface area contributed by atoms with Crippen LogP contribution in [0.1, 0.15) is 19.4 Å². The van der Waals surface area contributed by atoms with Gasteiger partial charge < -0.3 is 15.8 Å². The summed E-state index contributed by atoms with van der Waals surface area (Å²) in [5.41, 5.74) is 5.48. The molecule has 7 heteroatoms. The van der Waals surface area contributed by atoms with Gasteiger partial charge >= 0.3 is 5.97 Å². The smallest absolute Gasteiger partial charge is 0.325 e. The van der Waals surface area contributed by atoms with Crippen LogP contribution in [0.3, 0.4) is 0 Å². The lowest BCUT2D eigenvalue weighted by atomic mass is 9.92. The van der Waals surface area contributed by atoms with Crippen molar-refractivity contribution in [3.63, 3.8) is 0 Å². The van der Waals surface area contributed by atoms with Crippen molar-refractivity contribution >= 4 is 40.2 Å². The van der Waals surface area contributed by atoms with Gasteiger partial charge in [0.05, 0.1) is 6.61 Å². The lowest BCUT2D eigenvalue weighted by Crippen LogP contribution is -2.50. The van der Waals surface area contributed by atoms with E-state index < -0.39 is 17.4 Å². The Kier molecular flexibility index (Phi) is 7.78. The molecule has 0 bridgehead atoms. The van der Waals surface area contributed by atoms with Crippen LogP contribution in [0.5, 0.6) is 0 Å². The van der Waals surface area contributed by atoms with Gasteiger partial charge in [-0.05, 0) is 31.5 Å². The highest BCUT2D eigenvalue weighted by Gasteiger charge is 2.30. The lowest BCUT2D eigenvalue weighted by Gasteiger charge is -2.23. The van der Waals surface area contributed by atoms with Crippen LogP contribution in [-0.4, -0.2) is 25.0 Å². The monoisotopic (exact) mass is 364 g/mol. The van der Waals surface area contributed by atoms with E-state index in [0.29, 0.717) is 5.56 Å². The predicted octanol–water partition coefficient (Wildman–Crippen LogP) is 1.72. The Labute approximate surface area is 132 Å². The third-order valence-corrected chi connectivity index (χ3v) is 3.14. The van der Waals surface area contributed by atoms with E-state index in [1.807, 2.05) is 0 Å². The van der Waals surface area contributed by atoms with Crippen molar-refractivity contribution in [2.24, 2.45) is 5.73 Å². The first-order valence-corrected chi connectivity index (χ1v) is 6.66. The summed E-state index contributed by atoms with van der Waals surface area (Å²) in [4.78, 5) is 23.2. The Balaban J connectivity index is 0.00000361. The molecule has 5 nitrogen and oxygen atoms in total. The minimum absolute atomic E-state index is 0. The van der Waals surface area contributed by atoms with Gasteiger partial charge in [-0.2, -0.15) is 0 Å². The van der Waals surface area contributed by atoms with E-state index in [4.69, 9.17) is 10.5 Å². The van der Waals surface area contributed by atoms with Crippen molar-refractivity contribution in [2.45, 2.75) is 19.4 Å². The molecule has 0 fully saturated rings. The summed E-state index contributed by atoms with van der Waals surface area (Å²) in [6, 6.07) is 7.13. The average Bonchev–Trinajstić information content (AvgIpc) is 2.36. The van der Waals surface area contributed by atoms with Crippen molar-refractivity contribution in [3.05, 3.63) is 34.3 Å². The van der Waals surface area contributed by atoms with E-state index in [2.05, 4.69) is 21.2 Å². The molecule has 1 aromatic rings. The van der Waals surface area contributed by atoms with Gasteiger partial charge in [-0.15, -0.1) is 12.4 Å². The van der Waals surface area contributed by atoms with Gasteiger partial charge in [-0.3, -0.25) is 9.59 Å². The van der Waals surface area contributed by atoms with Crippen LogP contribution >= 0.6 is 28.3 Å². The first-order chi connectivity index (χ1) is 8.87. The summed E-state index contributed by atoms with van der Waals surface area (Å²) in [5.74, 6) is -0.912. The van der Waals surface area contributed by atoms with Gasteiger partial charge in [0.1, 0.15) is 12.1 Å². The molecule has 1 unspecified atom stereocenters. The summed E-state index contributed by atoms with van der Waals surface area (Å²) in [5, 5.41) is 2.47. The van der Waals surface area contributed by atoms with Crippen molar-refractivity contribution in [1.29, 1.82) is 0 Å². The fourth-order valence-electron chi connectivity index (χ4n) is 1.48. The van der Waals surface area contributed by atoms with E-state index in [0.717, 1.165) is 4.47 Å². The molecule has 1 aromatic carbocycles. The molecule has 112 valence electrons. The quantitative estimate of drug-likeness (QED) is 0.779. The lowest BCUT2D eigenvalue weighted by molar-refractivity contribution is -0.144. The van der Waals surface area contributed by atoms with Crippen molar-refractivity contribution in [1.82, 2.24) is 5.32 Å². The predicted molar refractivity (Wildman–Crippen MR) is 82.6 cm³/mol. The Bertz CT molecular complexity index is 463. The van der Waals surface area contributed by atoms with Crippen molar-refractivity contribution in [3.8, 4) is 0 Å². The Morgan fingerprint density at radius 1 is 1.35 bits per heavy atom. The number of rotatable bonds is 5. The standard InChI is InChI=1S/C13H17BrN2O3.ClH/c1-3-19-11(17)8-16-12(18)13(2,15)9-4-6-10(14)7-5-9;/h4-7H,3,8,15H2,1-2H3,(H,16,18);1H. The van der Waals surface area contributed by atoms with Gasteiger partial charge in [-0.25, -0.2) is 0 Å². The van der Waals surface area contributed by atoms with Crippen molar-refractivity contribution < 1.29 is 14.3 Å². The molecule has 1 atom stereocenters. The molecule has 0 aromatic heterocycles. The Morgan fingerprint density at radius 2 is 1.90 bits per heavy atom. The van der Waals surface area contributed by atoms with Crippen LogP contribution in [0.25, 0.3) is 0 Å². The van der Waals surface area contributed by atoms with Crippen LogP contribution in [-0.2, 0) is 19.9 Å². The molecule has 0 saturated carbocycles. The second-order valence-electron chi connectivity index (χ2n) is 4.20.